The average molecular weight is 527 g/mol. The maximum atomic E-state index is 13.5. The highest BCUT2D eigenvalue weighted by molar-refractivity contribution is 6.32. The number of nitrogens with one attached hydrogen (secondary N) is 1. The van der Waals surface area contributed by atoms with Gasteiger partial charge in [-0.25, -0.2) is 0 Å². The highest BCUT2D eigenvalue weighted by atomic mass is 16.7. The van der Waals surface area contributed by atoms with Gasteiger partial charge in [0.15, 0.2) is 17.9 Å². The highest BCUT2D eigenvalue weighted by Gasteiger charge is 2.49. The molecule has 202 valence electrons. The number of phenolic OH excluding ortho intramolecular Hbond substituents is 2. The number of aromatic hydroxyl groups is 2. The van der Waals surface area contributed by atoms with Crippen molar-refractivity contribution in [3.05, 3.63) is 51.6 Å². The van der Waals surface area contributed by atoms with Crippen molar-refractivity contribution < 1.29 is 44.2 Å². The molecule has 0 radical (unpaired) electrons. The number of benzene rings is 2. The predicted molar refractivity (Wildman–Crippen MR) is 133 cm³/mol. The Kier molecular flexibility index (Phi) is 6.32. The van der Waals surface area contributed by atoms with E-state index >= 15 is 0 Å². The summed E-state index contributed by atoms with van der Waals surface area (Å²) in [5.41, 5.74) is 3.62. The van der Waals surface area contributed by atoms with Gasteiger partial charge in [0.25, 0.3) is 0 Å². The van der Waals surface area contributed by atoms with Crippen molar-refractivity contribution in [3.8, 4) is 17.2 Å². The zero-order valence-corrected chi connectivity index (χ0v) is 21.1. The standard InChI is InChI=1S/C27H30N2O9/c1-10-23(31)14(28)7-17(37-10)38-16-9-27(35,11(2)30)8-13-19(16)26(34)20-21(25(13)33)24(32)12-5-4-6-15(36-3)18(12)22(20)29/h4-6,10,14,16-17,23,29,31,33-35H,7-9,28H2,1-3H3/t10-,14-,16+,17+,23-,27-/m1/s1. The molecule has 0 aromatic heterocycles. The maximum Gasteiger partial charge on any atom is 0.198 e. The van der Waals surface area contributed by atoms with Crippen LogP contribution in [0, 0.1) is 5.41 Å². The molecule has 2 aliphatic carbocycles. The first kappa shape index (κ1) is 26.3. The van der Waals surface area contributed by atoms with Crippen LogP contribution >= 0.6 is 0 Å². The van der Waals surface area contributed by atoms with Gasteiger partial charge in [-0.3, -0.25) is 15.0 Å². The Bertz CT molecular complexity index is 1360. The molecule has 3 aliphatic rings. The largest absolute Gasteiger partial charge is 0.507 e. The first-order chi connectivity index (χ1) is 17.9. The number of methoxy groups -OCH3 is 1. The van der Waals surface area contributed by atoms with Crippen LogP contribution in [-0.2, 0) is 20.7 Å². The fourth-order valence-electron chi connectivity index (χ4n) is 5.70. The third kappa shape index (κ3) is 3.81. The van der Waals surface area contributed by atoms with Crippen molar-refractivity contribution in [3.63, 3.8) is 0 Å². The van der Waals surface area contributed by atoms with Crippen LogP contribution < -0.4 is 10.5 Å². The van der Waals surface area contributed by atoms with Gasteiger partial charge in [-0.1, -0.05) is 12.1 Å². The molecular weight excluding hydrogens is 496 g/mol. The van der Waals surface area contributed by atoms with Crippen molar-refractivity contribution in [2.24, 2.45) is 5.73 Å². The molecule has 38 heavy (non-hydrogen) atoms. The van der Waals surface area contributed by atoms with Gasteiger partial charge in [0, 0.05) is 42.0 Å². The first-order valence-electron chi connectivity index (χ1n) is 12.3. The second-order valence-corrected chi connectivity index (χ2v) is 10.2. The lowest BCUT2D eigenvalue weighted by atomic mass is 9.72. The first-order valence-corrected chi connectivity index (χ1v) is 12.3. The molecule has 1 saturated heterocycles. The molecule has 1 heterocycles. The Morgan fingerprint density at radius 3 is 2.55 bits per heavy atom. The smallest absolute Gasteiger partial charge is 0.198 e. The SMILES string of the molecule is COc1cccc2c1C(=N)c1c(O)c3c(c(O)c1C2=O)C[C@](O)(C(C)=O)C[C@@H]3O[C@H]1C[C@@H](N)[C@H](O)[C@@H](C)O1. The summed E-state index contributed by atoms with van der Waals surface area (Å²) in [5.74, 6) is -2.01. The molecule has 0 amide bonds. The van der Waals surface area contributed by atoms with Gasteiger partial charge in [0.1, 0.15) is 22.8 Å². The summed E-state index contributed by atoms with van der Waals surface area (Å²) >= 11 is 0. The molecule has 0 spiro atoms. The van der Waals surface area contributed by atoms with E-state index in [0.29, 0.717) is 0 Å². The molecule has 1 aliphatic heterocycles. The van der Waals surface area contributed by atoms with Crippen LogP contribution in [0.3, 0.4) is 0 Å². The number of hydrogen-bond acceptors (Lipinski definition) is 11. The van der Waals surface area contributed by atoms with Crippen molar-refractivity contribution >= 4 is 17.3 Å². The second kappa shape index (κ2) is 9.14. The quantitative estimate of drug-likeness (QED) is 0.269. The summed E-state index contributed by atoms with van der Waals surface area (Å²) in [6.45, 7) is 2.82. The van der Waals surface area contributed by atoms with Crippen LogP contribution in [-0.4, -0.2) is 75.0 Å². The monoisotopic (exact) mass is 526 g/mol. The summed E-state index contributed by atoms with van der Waals surface area (Å²) in [7, 11) is 1.40. The van der Waals surface area contributed by atoms with E-state index in [1.165, 1.54) is 20.1 Å². The van der Waals surface area contributed by atoms with Crippen molar-refractivity contribution in [2.75, 3.05) is 7.11 Å². The fraction of sp³-hybridized carbons (Fsp3) is 0.444. The van der Waals surface area contributed by atoms with E-state index in [-0.39, 0.29) is 64.1 Å². The normalized spacial score (nSPS) is 30.3. The van der Waals surface area contributed by atoms with Gasteiger partial charge in [0.05, 0.1) is 47.8 Å². The van der Waals surface area contributed by atoms with Crippen LogP contribution in [0.1, 0.15) is 71.0 Å². The number of aliphatic hydroxyl groups is 2. The Morgan fingerprint density at radius 1 is 1.21 bits per heavy atom. The van der Waals surface area contributed by atoms with Crippen molar-refractivity contribution in [2.45, 2.75) is 69.4 Å². The maximum absolute atomic E-state index is 13.5. The van der Waals surface area contributed by atoms with Crippen LogP contribution in [0.4, 0.5) is 0 Å². The van der Waals surface area contributed by atoms with Crippen molar-refractivity contribution in [1.29, 1.82) is 5.41 Å². The molecule has 1 fully saturated rings. The van der Waals surface area contributed by atoms with E-state index in [1.807, 2.05) is 0 Å². The number of carbonyl (C=O) groups excluding carboxylic acids is 2. The molecule has 5 rings (SSSR count). The summed E-state index contributed by atoms with van der Waals surface area (Å²) in [6.07, 6.45) is -4.30. The van der Waals surface area contributed by atoms with Crippen LogP contribution in [0.5, 0.6) is 17.2 Å². The number of rotatable bonds is 4. The highest BCUT2D eigenvalue weighted by Crippen LogP contribution is 2.52. The lowest BCUT2D eigenvalue weighted by Gasteiger charge is -2.42. The molecule has 0 saturated carbocycles. The number of phenols is 2. The summed E-state index contributed by atoms with van der Waals surface area (Å²) in [5, 5.41) is 53.2. The van der Waals surface area contributed by atoms with Gasteiger partial charge in [-0.15, -0.1) is 0 Å². The number of fused-ring (bicyclic) bond motifs is 3. The van der Waals surface area contributed by atoms with Crippen LogP contribution in [0.2, 0.25) is 0 Å². The van der Waals surface area contributed by atoms with E-state index < -0.39 is 59.3 Å². The van der Waals surface area contributed by atoms with Crippen molar-refractivity contribution in [1.82, 2.24) is 0 Å². The molecule has 2 aromatic carbocycles. The number of carbonyl (C=O) groups is 2. The fourth-order valence-corrected chi connectivity index (χ4v) is 5.70. The zero-order valence-electron chi connectivity index (χ0n) is 21.1. The number of nitrogens with two attached hydrogens (primary N) is 1. The second-order valence-electron chi connectivity index (χ2n) is 10.2. The molecule has 0 bridgehead atoms. The Hall–Kier alpha value is -3.35. The number of Topliss-reactive ketones (excluding diaryl/α,β-unsaturated/α-hetero) is 1. The molecular formula is C27H30N2O9. The van der Waals surface area contributed by atoms with Gasteiger partial charge >= 0.3 is 0 Å². The van der Waals surface area contributed by atoms with Gasteiger partial charge in [-0.2, -0.15) is 0 Å². The molecule has 0 unspecified atom stereocenters. The van der Waals surface area contributed by atoms with Crippen LogP contribution in [0.25, 0.3) is 0 Å². The molecule has 6 atom stereocenters. The minimum absolute atomic E-state index is 0.0316. The summed E-state index contributed by atoms with van der Waals surface area (Å²) < 4.78 is 17.2. The topological polar surface area (TPSA) is 193 Å². The third-order valence-electron chi connectivity index (χ3n) is 7.84. The average Bonchev–Trinajstić information content (AvgIpc) is 2.87. The number of ether oxygens (including phenoxy) is 3. The number of hydrogen-bond donors (Lipinski definition) is 6. The Labute approximate surface area is 218 Å². The van der Waals surface area contributed by atoms with Gasteiger partial charge in [-0.05, 0) is 19.9 Å². The molecule has 11 heteroatoms. The molecule has 11 nitrogen and oxygen atoms in total. The molecule has 7 N–H and O–H groups in total. The Morgan fingerprint density at radius 2 is 1.92 bits per heavy atom. The summed E-state index contributed by atoms with van der Waals surface area (Å²) in [6, 6.07) is 3.98. The Balaban J connectivity index is 1.68. The van der Waals surface area contributed by atoms with Gasteiger partial charge < -0.3 is 40.4 Å². The van der Waals surface area contributed by atoms with Gasteiger partial charge in [0.2, 0.25) is 0 Å². The number of aliphatic hydroxyl groups excluding tert-OH is 1. The van der Waals surface area contributed by atoms with E-state index in [9.17, 15) is 30.0 Å². The summed E-state index contributed by atoms with van der Waals surface area (Å²) in [4.78, 5) is 26.0. The zero-order chi connectivity index (χ0) is 27.7. The minimum atomic E-state index is -1.97. The lowest BCUT2D eigenvalue weighted by Crippen LogP contribution is -2.52. The minimum Gasteiger partial charge on any atom is -0.507 e. The van der Waals surface area contributed by atoms with E-state index in [2.05, 4.69) is 0 Å². The van der Waals surface area contributed by atoms with E-state index in [0.717, 1.165) is 0 Å². The van der Waals surface area contributed by atoms with E-state index in [4.69, 9.17) is 25.4 Å². The number of ketones is 2. The van der Waals surface area contributed by atoms with E-state index in [1.54, 1.807) is 19.1 Å². The predicted octanol–water partition coefficient (Wildman–Crippen LogP) is 1.21. The third-order valence-corrected chi connectivity index (χ3v) is 7.84. The molecule has 2 aromatic rings. The van der Waals surface area contributed by atoms with Crippen LogP contribution in [0.15, 0.2) is 18.2 Å². The lowest BCUT2D eigenvalue weighted by molar-refractivity contribution is -0.247.